The zero-order valence-electron chi connectivity index (χ0n) is 12.3. The Morgan fingerprint density at radius 2 is 1.74 bits per heavy atom. The second-order valence-electron chi connectivity index (χ2n) is 4.79. The molecule has 0 aliphatic heterocycles. The van der Waals surface area contributed by atoms with E-state index in [4.69, 9.17) is 5.11 Å². The summed E-state index contributed by atoms with van der Waals surface area (Å²) in [5.74, 6) is -0.690. The fourth-order valence-corrected chi connectivity index (χ4v) is 1.89. The van der Waals surface area contributed by atoms with Crippen LogP contribution in [0.5, 0.6) is 0 Å². The fraction of sp³-hybridized carbons (Fsp3) is 0.733. The minimum absolute atomic E-state index is 0.0897. The number of rotatable bonds is 9. The molecule has 0 aliphatic carbocycles. The monoisotopic (exact) mass is 268 g/mol. The summed E-state index contributed by atoms with van der Waals surface area (Å²) in [7, 11) is 0. The number of H-pyrrole nitrogens is 1. The van der Waals surface area contributed by atoms with E-state index in [1.54, 1.807) is 18.7 Å². The number of carboxylic acid groups (broad SMARTS) is 1. The lowest BCUT2D eigenvalue weighted by Gasteiger charge is -2.11. The van der Waals surface area contributed by atoms with Crippen molar-refractivity contribution in [2.24, 2.45) is 5.92 Å². The van der Waals surface area contributed by atoms with Gasteiger partial charge in [-0.2, -0.15) is 0 Å². The summed E-state index contributed by atoms with van der Waals surface area (Å²) in [6.45, 7) is 4.29. The number of imidazole rings is 1. The maximum atomic E-state index is 10.9. The molecule has 0 atom stereocenters. The summed E-state index contributed by atoms with van der Waals surface area (Å²) in [6, 6.07) is 0. The molecule has 0 aromatic carbocycles. The third-order valence-electron chi connectivity index (χ3n) is 3.07. The van der Waals surface area contributed by atoms with Crippen LogP contribution < -0.4 is 0 Å². The van der Waals surface area contributed by atoms with Crippen molar-refractivity contribution >= 4 is 5.97 Å². The van der Waals surface area contributed by atoms with Gasteiger partial charge in [0.25, 0.3) is 0 Å². The molecule has 19 heavy (non-hydrogen) atoms. The lowest BCUT2D eigenvalue weighted by Crippen LogP contribution is -2.13. The van der Waals surface area contributed by atoms with E-state index in [2.05, 4.69) is 23.8 Å². The van der Waals surface area contributed by atoms with Gasteiger partial charge < -0.3 is 10.1 Å². The first-order chi connectivity index (χ1) is 9.22. The van der Waals surface area contributed by atoms with E-state index in [9.17, 15) is 4.79 Å². The van der Waals surface area contributed by atoms with Gasteiger partial charge in [-0.25, -0.2) is 4.98 Å². The molecule has 0 amide bonds. The van der Waals surface area contributed by atoms with Crippen molar-refractivity contribution in [3.05, 3.63) is 18.7 Å². The van der Waals surface area contributed by atoms with Crippen LogP contribution in [0.4, 0.5) is 0 Å². The Labute approximate surface area is 116 Å². The molecule has 110 valence electrons. The van der Waals surface area contributed by atoms with Gasteiger partial charge in [-0.1, -0.05) is 52.4 Å². The number of aromatic amines is 1. The zero-order valence-corrected chi connectivity index (χ0v) is 12.3. The van der Waals surface area contributed by atoms with Gasteiger partial charge >= 0.3 is 5.97 Å². The Morgan fingerprint density at radius 3 is 2.00 bits per heavy atom. The number of hydrogen-bond acceptors (Lipinski definition) is 2. The third-order valence-corrected chi connectivity index (χ3v) is 3.07. The first-order valence-corrected chi connectivity index (χ1v) is 7.37. The maximum absolute atomic E-state index is 10.9. The van der Waals surface area contributed by atoms with Crippen LogP contribution in [-0.4, -0.2) is 21.0 Å². The summed E-state index contributed by atoms with van der Waals surface area (Å²) in [4.78, 5) is 17.3. The van der Waals surface area contributed by atoms with Gasteiger partial charge in [0.05, 0.1) is 12.2 Å². The summed E-state index contributed by atoms with van der Waals surface area (Å²) < 4.78 is 0. The fourth-order valence-electron chi connectivity index (χ4n) is 1.89. The summed E-state index contributed by atoms with van der Waals surface area (Å²) >= 11 is 0. The van der Waals surface area contributed by atoms with E-state index < -0.39 is 5.97 Å². The third kappa shape index (κ3) is 11.5. The first-order valence-electron chi connectivity index (χ1n) is 7.37. The Kier molecular flexibility index (Phi) is 12.2. The molecule has 1 heterocycles. The summed E-state index contributed by atoms with van der Waals surface area (Å²) in [6.07, 6.45) is 13.6. The molecule has 4 nitrogen and oxygen atoms in total. The highest BCUT2D eigenvalue weighted by atomic mass is 16.4. The molecule has 0 spiro atoms. The molecular weight excluding hydrogens is 240 g/mol. The van der Waals surface area contributed by atoms with E-state index in [0.717, 1.165) is 38.5 Å². The predicted molar refractivity (Wildman–Crippen MR) is 78.0 cm³/mol. The van der Waals surface area contributed by atoms with Crippen LogP contribution in [0.15, 0.2) is 18.7 Å². The van der Waals surface area contributed by atoms with Gasteiger partial charge in [-0.05, 0) is 12.8 Å². The van der Waals surface area contributed by atoms with Crippen LogP contribution in [0.25, 0.3) is 0 Å². The van der Waals surface area contributed by atoms with Crippen LogP contribution >= 0.6 is 0 Å². The molecule has 4 heteroatoms. The topological polar surface area (TPSA) is 66.0 Å². The Morgan fingerprint density at radius 1 is 1.16 bits per heavy atom. The van der Waals surface area contributed by atoms with Crippen LogP contribution in [0.2, 0.25) is 0 Å². The maximum Gasteiger partial charge on any atom is 0.306 e. The molecule has 0 radical (unpaired) electrons. The number of hydrogen-bond donors (Lipinski definition) is 2. The predicted octanol–water partition coefficient (Wildman–Crippen LogP) is 4.26. The van der Waals surface area contributed by atoms with Crippen molar-refractivity contribution in [2.45, 2.75) is 65.2 Å². The normalized spacial score (nSPS) is 10.1. The molecule has 0 aliphatic rings. The number of nitrogens with zero attached hydrogens (tertiary/aromatic N) is 1. The van der Waals surface area contributed by atoms with Crippen LogP contribution in [0, 0.1) is 5.92 Å². The van der Waals surface area contributed by atoms with Gasteiger partial charge in [0.15, 0.2) is 0 Å². The van der Waals surface area contributed by atoms with E-state index in [-0.39, 0.29) is 5.92 Å². The van der Waals surface area contributed by atoms with E-state index in [1.807, 2.05) is 0 Å². The standard InChI is InChI=1S/C12H24O2.C3H4N2/c1-3-5-7-9-11(12(13)14)10-8-6-4-2;1-2-5-3-4-1/h11H,3-10H2,1-2H3,(H,13,14);1-3H,(H,4,5). The molecule has 0 unspecified atom stereocenters. The smallest absolute Gasteiger partial charge is 0.306 e. The van der Waals surface area contributed by atoms with Crippen molar-refractivity contribution in [2.75, 3.05) is 0 Å². The van der Waals surface area contributed by atoms with Crippen LogP contribution in [0.3, 0.4) is 0 Å². The van der Waals surface area contributed by atoms with Crippen molar-refractivity contribution in [1.82, 2.24) is 9.97 Å². The molecule has 0 bridgehead atoms. The molecule has 0 fully saturated rings. The molecule has 2 N–H and O–H groups in total. The quantitative estimate of drug-likeness (QED) is 0.658. The molecule has 1 aromatic rings. The molecule has 0 saturated carbocycles. The Bertz CT molecular complexity index is 259. The number of carbonyl (C=O) groups is 1. The van der Waals surface area contributed by atoms with Crippen molar-refractivity contribution in [3.8, 4) is 0 Å². The largest absolute Gasteiger partial charge is 0.481 e. The van der Waals surface area contributed by atoms with E-state index in [0.29, 0.717) is 0 Å². The lowest BCUT2D eigenvalue weighted by atomic mass is 9.95. The minimum Gasteiger partial charge on any atom is -0.481 e. The van der Waals surface area contributed by atoms with Crippen molar-refractivity contribution < 1.29 is 9.90 Å². The van der Waals surface area contributed by atoms with Crippen molar-refractivity contribution in [3.63, 3.8) is 0 Å². The minimum atomic E-state index is -0.600. The molecular formula is C15H28N2O2. The number of aromatic nitrogens is 2. The van der Waals surface area contributed by atoms with Crippen molar-refractivity contribution in [1.29, 1.82) is 0 Å². The summed E-state index contributed by atoms with van der Waals surface area (Å²) in [5, 5.41) is 8.97. The number of nitrogens with one attached hydrogen (secondary N) is 1. The average molecular weight is 268 g/mol. The van der Waals surface area contributed by atoms with E-state index in [1.165, 1.54) is 12.8 Å². The van der Waals surface area contributed by atoms with Gasteiger partial charge in [-0.15, -0.1) is 0 Å². The number of unbranched alkanes of at least 4 members (excludes halogenated alkanes) is 4. The van der Waals surface area contributed by atoms with Crippen LogP contribution in [-0.2, 0) is 4.79 Å². The number of aliphatic carboxylic acids is 1. The average Bonchev–Trinajstić information content (AvgIpc) is 2.96. The Hall–Kier alpha value is -1.32. The van der Waals surface area contributed by atoms with Gasteiger partial charge in [0, 0.05) is 12.4 Å². The van der Waals surface area contributed by atoms with Gasteiger partial charge in [0.2, 0.25) is 0 Å². The van der Waals surface area contributed by atoms with Gasteiger partial charge in [-0.3, -0.25) is 4.79 Å². The second-order valence-corrected chi connectivity index (χ2v) is 4.79. The van der Waals surface area contributed by atoms with Gasteiger partial charge in [0.1, 0.15) is 0 Å². The zero-order chi connectivity index (χ0) is 14.3. The Balaban J connectivity index is 0.000000532. The molecule has 1 rings (SSSR count). The second kappa shape index (κ2) is 13.1. The SMILES string of the molecule is CCCCCC(CCCCC)C(=O)O.c1c[nH]cn1. The van der Waals surface area contributed by atoms with Crippen LogP contribution in [0.1, 0.15) is 65.2 Å². The summed E-state index contributed by atoms with van der Waals surface area (Å²) in [5.41, 5.74) is 0. The molecule has 0 saturated heterocycles. The highest BCUT2D eigenvalue weighted by molar-refractivity contribution is 5.69. The first kappa shape index (κ1) is 17.7. The number of carboxylic acids is 1. The highest BCUT2D eigenvalue weighted by Gasteiger charge is 2.15. The molecule has 1 aromatic heterocycles. The van der Waals surface area contributed by atoms with E-state index >= 15 is 0 Å². The lowest BCUT2D eigenvalue weighted by molar-refractivity contribution is -0.142. The highest BCUT2D eigenvalue weighted by Crippen LogP contribution is 2.17.